The van der Waals surface area contributed by atoms with Crippen LogP contribution < -0.4 is 15.0 Å². The molecule has 1 aliphatic rings. The van der Waals surface area contributed by atoms with Crippen LogP contribution in [0, 0.1) is 12.7 Å². The van der Waals surface area contributed by atoms with Crippen molar-refractivity contribution in [2.75, 3.05) is 4.90 Å². The van der Waals surface area contributed by atoms with E-state index in [1.807, 2.05) is 0 Å². The fourth-order valence-electron chi connectivity index (χ4n) is 3.35. The van der Waals surface area contributed by atoms with Crippen LogP contribution >= 0.6 is 15.9 Å². The van der Waals surface area contributed by atoms with Crippen LogP contribution in [0.2, 0.25) is 0 Å². The molecule has 0 bridgehead atoms. The monoisotopic (exact) mass is 508 g/mol. The lowest BCUT2D eigenvalue weighted by atomic mass is 10.0. The number of carbonyl (C=O) groups excluding carboxylic acids is 3. The van der Waals surface area contributed by atoms with Gasteiger partial charge in [0.25, 0.3) is 11.8 Å². The van der Waals surface area contributed by atoms with Crippen molar-refractivity contribution in [1.82, 2.24) is 5.32 Å². The molecule has 1 fully saturated rings. The number of urea groups is 1. The molecule has 3 aromatic carbocycles. The third-order valence-electron chi connectivity index (χ3n) is 5.04. The molecule has 0 aromatic heterocycles. The van der Waals surface area contributed by atoms with Crippen molar-refractivity contribution in [3.8, 4) is 5.75 Å². The molecule has 1 heterocycles. The Morgan fingerprint density at radius 1 is 1.03 bits per heavy atom. The van der Waals surface area contributed by atoms with Gasteiger partial charge in [-0.15, -0.1) is 0 Å². The maximum absolute atomic E-state index is 13.2. The summed E-state index contributed by atoms with van der Waals surface area (Å²) in [4.78, 5) is 39.2. The number of amides is 4. The average Bonchev–Trinajstić information content (AvgIpc) is 2.78. The summed E-state index contributed by atoms with van der Waals surface area (Å²) in [6, 6.07) is 17.1. The van der Waals surface area contributed by atoms with E-state index in [0.717, 1.165) is 10.5 Å². The van der Waals surface area contributed by atoms with Crippen molar-refractivity contribution in [2.24, 2.45) is 0 Å². The topological polar surface area (TPSA) is 75.7 Å². The van der Waals surface area contributed by atoms with Gasteiger partial charge < -0.3 is 4.74 Å². The van der Waals surface area contributed by atoms with Gasteiger partial charge in [0.05, 0.1) is 5.69 Å². The minimum absolute atomic E-state index is 0.159. The Hall–Kier alpha value is -3.78. The molecular weight excluding hydrogens is 491 g/mol. The largest absolute Gasteiger partial charge is 0.488 e. The van der Waals surface area contributed by atoms with Crippen LogP contribution in [0.5, 0.6) is 5.75 Å². The predicted molar refractivity (Wildman–Crippen MR) is 125 cm³/mol. The summed E-state index contributed by atoms with van der Waals surface area (Å²) in [6.07, 6.45) is 1.39. The fraction of sp³-hybridized carbons (Fsp3) is 0.0800. The lowest BCUT2D eigenvalue weighted by Gasteiger charge is -2.27. The maximum atomic E-state index is 13.2. The normalized spacial score (nSPS) is 15.1. The number of imide groups is 2. The SMILES string of the molecule is Cc1ccccc1N1C(=O)NC(=O)/C(=C\c2cc(Br)ccc2OCc2ccc(F)cc2)C1=O. The number of benzene rings is 3. The third kappa shape index (κ3) is 4.85. The number of carbonyl (C=O) groups is 3. The van der Waals surface area contributed by atoms with E-state index in [0.29, 0.717) is 27.0 Å². The Bertz CT molecular complexity index is 1290. The number of hydrogen-bond acceptors (Lipinski definition) is 4. The summed E-state index contributed by atoms with van der Waals surface area (Å²) in [7, 11) is 0. The first-order valence-electron chi connectivity index (χ1n) is 9.97. The van der Waals surface area contributed by atoms with Gasteiger partial charge in [0, 0.05) is 10.0 Å². The van der Waals surface area contributed by atoms with Gasteiger partial charge in [-0.3, -0.25) is 14.9 Å². The van der Waals surface area contributed by atoms with Gasteiger partial charge in [0.2, 0.25) is 0 Å². The molecule has 6 nitrogen and oxygen atoms in total. The summed E-state index contributed by atoms with van der Waals surface area (Å²) in [5.41, 5.74) is 2.10. The standard InChI is InChI=1S/C25H18BrFN2O4/c1-15-4-2-3-5-21(15)29-24(31)20(23(30)28-25(29)32)13-17-12-18(26)8-11-22(17)33-14-16-6-9-19(27)10-7-16/h2-13H,14H2,1H3,(H,28,30,32)/b20-13+. The van der Waals surface area contributed by atoms with Gasteiger partial charge in [-0.2, -0.15) is 0 Å². The number of anilines is 1. The van der Waals surface area contributed by atoms with Crippen molar-refractivity contribution in [1.29, 1.82) is 0 Å². The van der Waals surface area contributed by atoms with Gasteiger partial charge in [0.1, 0.15) is 23.7 Å². The van der Waals surface area contributed by atoms with Crippen molar-refractivity contribution in [3.63, 3.8) is 0 Å². The number of hydrogen-bond donors (Lipinski definition) is 1. The highest BCUT2D eigenvalue weighted by atomic mass is 79.9. The average molecular weight is 509 g/mol. The van der Waals surface area contributed by atoms with Crippen molar-refractivity contribution < 1.29 is 23.5 Å². The lowest BCUT2D eigenvalue weighted by molar-refractivity contribution is -0.122. The van der Waals surface area contributed by atoms with Gasteiger partial charge in [0.15, 0.2) is 0 Å². The molecule has 0 spiro atoms. The second kappa shape index (κ2) is 9.38. The van der Waals surface area contributed by atoms with Crippen LogP contribution in [0.15, 0.2) is 76.8 Å². The van der Waals surface area contributed by atoms with Gasteiger partial charge >= 0.3 is 6.03 Å². The smallest absolute Gasteiger partial charge is 0.335 e. The van der Waals surface area contributed by atoms with E-state index in [4.69, 9.17) is 4.74 Å². The first kappa shape index (κ1) is 22.4. The van der Waals surface area contributed by atoms with Crippen LogP contribution in [0.4, 0.5) is 14.9 Å². The number of aryl methyl sites for hydroxylation is 1. The van der Waals surface area contributed by atoms with E-state index >= 15 is 0 Å². The van der Waals surface area contributed by atoms with Crippen LogP contribution in [0.25, 0.3) is 6.08 Å². The molecule has 4 rings (SSSR count). The number of barbiturate groups is 1. The third-order valence-corrected chi connectivity index (χ3v) is 5.53. The summed E-state index contributed by atoms with van der Waals surface area (Å²) in [6.45, 7) is 1.93. The molecule has 0 radical (unpaired) electrons. The lowest BCUT2D eigenvalue weighted by Crippen LogP contribution is -2.54. The zero-order valence-electron chi connectivity index (χ0n) is 17.5. The molecule has 0 saturated carbocycles. The molecule has 1 aliphatic heterocycles. The van der Waals surface area contributed by atoms with E-state index in [9.17, 15) is 18.8 Å². The van der Waals surface area contributed by atoms with E-state index < -0.39 is 17.8 Å². The van der Waals surface area contributed by atoms with Gasteiger partial charge in [-0.05, 0) is 60.5 Å². The summed E-state index contributed by atoms with van der Waals surface area (Å²) >= 11 is 3.39. The zero-order valence-corrected chi connectivity index (χ0v) is 19.1. The van der Waals surface area contributed by atoms with E-state index in [-0.39, 0.29) is 18.0 Å². The summed E-state index contributed by atoms with van der Waals surface area (Å²) in [5.74, 6) is -1.46. The number of para-hydroxylation sites is 1. The molecule has 166 valence electrons. The molecule has 3 aromatic rings. The number of nitrogens with zero attached hydrogens (tertiary/aromatic N) is 1. The maximum Gasteiger partial charge on any atom is 0.335 e. The molecule has 1 saturated heterocycles. The fourth-order valence-corrected chi connectivity index (χ4v) is 3.73. The number of halogens is 2. The van der Waals surface area contributed by atoms with Gasteiger partial charge in [-0.1, -0.05) is 46.3 Å². The van der Waals surface area contributed by atoms with Crippen LogP contribution in [0.1, 0.15) is 16.7 Å². The van der Waals surface area contributed by atoms with Crippen molar-refractivity contribution in [3.05, 3.63) is 99.3 Å². The van der Waals surface area contributed by atoms with Crippen molar-refractivity contribution in [2.45, 2.75) is 13.5 Å². The minimum atomic E-state index is -0.807. The van der Waals surface area contributed by atoms with Gasteiger partial charge in [-0.25, -0.2) is 14.1 Å². The molecular formula is C25H18BrFN2O4. The second-order valence-electron chi connectivity index (χ2n) is 7.34. The zero-order chi connectivity index (χ0) is 23.5. The molecule has 8 heteroatoms. The summed E-state index contributed by atoms with van der Waals surface area (Å²) in [5, 5.41) is 2.22. The number of rotatable bonds is 5. The minimum Gasteiger partial charge on any atom is -0.488 e. The highest BCUT2D eigenvalue weighted by Gasteiger charge is 2.37. The summed E-state index contributed by atoms with van der Waals surface area (Å²) < 4.78 is 19.7. The molecule has 0 unspecified atom stereocenters. The molecule has 33 heavy (non-hydrogen) atoms. The first-order valence-corrected chi connectivity index (χ1v) is 10.8. The Kier molecular flexibility index (Phi) is 6.37. The predicted octanol–water partition coefficient (Wildman–Crippen LogP) is 5.14. The number of nitrogens with one attached hydrogen (secondary N) is 1. The molecule has 0 atom stereocenters. The second-order valence-corrected chi connectivity index (χ2v) is 8.26. The molecule has 4 amide bonds. The Balaban J connectivity index is 1.68. The van der Waals surface area contributed by atoms with Crippen LogP contribution in [0.3, 0.4) is 0 Å². The first-order chi connectivity index (χ1) is 15.8. The molecule has 1 N–H and O–H groups in total. The Labute approximate surface area is 197 Å². The van der Waals surface area contributed by atoms with Crippen molar-refractivity contribution >= 4 is 45.5 Å². The Morgan fingerprint density at radius 3 is 2.48 bits per heavy atom. The van der Waals surface area contributed by atoms with E-state index in [2.05, 4.69) is 21.2 Å². The highest BCUT2D eigenvalue weighted by molar-refractivity contribution is 9.10. The highest BCUT2D eigenvalue weighted by Crippen LogP contribution is 2.29. The van der Waals surface area contributed by atoms with Crippen LogP contribution in [-0.2, 0) is 16.2 Å². The number of ether oxygens (including phenoxy) is 1. The van der Waals surface area contributed by atoms with Crippen LogP contribution in [-0.4, -0.2) is 17.8 Å². The van der Waals surface area contributed by atoms with E-state index in [1.165, 1.54) is 18.2 Å². The quantitative estimate of drug-likeness (QED) is 0.382. The Morgan fingerprint density at radius 2 is 1.76 bits per heavy atom. The van der Waals surface area contributed by atoms with E-state index in [1.54, 1.807) is 61.5 Å². The molecule has 0 aliphatic carbocycles.